The second-order valence-corrected chi connectivity index (χ2v) is 9.08. The number of imide groups is 1. The maximum atomic E-state index is 12.8. The fourth-order valence-electron chi connectivity index (χ4n) is 4.51. The van der Waals surface area contributed by atoms with Crippen molar-refractivity contribution < 1.29 is 19.8 Å². The third-order valence-electron chi connectivity index (χ3n) is 6.29. The van der Waals surface area contributed by atoms with Gasteiger partial charge in [0.15, 0.2) is 0 Å². The molecule has 5 rings (SSSR count). The molecule has 2 aliphatic heterocycles. The van der Waals surface area contributed by atoms with E-state index in [0.29, 0.717) is 51.6 Å². The number of rotatable bonds is 8. The molecule has 0 aliphatic carbocycles. The lowest BCUT2D eigenvalue weighted by molar-refractivity contribution is 0.0645. The highest BCUT2D eigenvalue weighted by Gasteiger charge is 2.37. The summed E-state index contributed by atoms with van der Waals surface area (Å²) in [6, 6.07) is 11.9. The molecule has 0 bridgehead atoms. The van der Waals surface area contributed by atoms with Crippen molar-refractivity contribution in [3.05, 3.63) is 91.9 Å². The molecule has 0 fully saturated rings. The van der Waals surface area contributed by atoms with Gasteiger partial charge in [-0.2, -0.15) is 0 Å². The largest absolute Gasteiger partial charge is 0.396 e. The number of hydrogen-bond donors (Lipinski definition) is 4. The number of benzene rings is 2. The number of pyridine rings is 1. The van der Waals surface area contributed by atoms with Crippen LogP contribution in [-0.2, 0) is 6.42 Å². The molecule has 1 atom stereocenters. The maximum absolute atomic E-state index is 12.8. The van der Waals surface area contributed by atoms with Gasteiger partial charge in [0, 0.05) is 37.3 Å². The number of carbonyl (C=O) groups excluding carboxylic acids is 2. The predicted octanol–water partition coefficient (Wildman–Crippen LogP) is 2.83. The van der Waals surface area contributed by atoms with E-state index in [1.165, 1.54) is 6.20 Å². The Kier molecular flexibility index (Phi) is 6.44. The van der Waals surface area contributed by atoms with E-state index in [2.05, 4.69) is 15.3 Å². The zero-order chi connectivity index (χ0) is 25.4. The Bertz CT molecular complexity index is 1460. The third kappa shape index (κ3) is 4.32. The first-order valence-electron chi connectivity index (χ1n) is 11.5. The number of nitrogens with zero attached hydrogens (tertiary/aromatic N) is 2. The predicted molar refractivity (Wildman–Crippen MR) is 135 cm³/mol. The van der Waals surface area contributed by atoms with E-state index >= 15 is 0 Å². The summed E-state index contributed by atoms with van der Waals surface area (Å²) >= 11 is 6.02. The summed E-state index contributed by atoms with van der Waals surface area (Å²) in [5.74, 6) is -0.806. The minimum Gasteiger partial charge on any atom is -0.396 e. The number of hydrogen-bond acceptors (Lipinski definition) is 7. The SMILES string of the molecule is O=C1c2cc3c(cc2C(=O)N1CCCO)N=C(c1c(NC[C@@H](O)c2cccc(Cl)c2)cc[nH]c1=O)C3. The van der Waals surface area contributed by atoms with Crippen molar-refractivity contribution in [2.24, 2.45) is 4.99 Å². The summed E-state index contributed by atoms with van der Waals surface area (Å²) < 4.78 is 0. The molecule has 0 saturated carbocycles. The molecular formula is C26H23ClN4O5. The normalized spacial score (nSPS) is 15.1. The number of fused-ring (bicyclic) bond motifs is 2. The van der Waals surface area contributed by atoms with Crippen molar-refractivity contribution in [2.45, 2.75) is 18.9 Å². The number of carbonyl (C=O) groups is 2. The van der Waals surface area contributed by atoms with E-state index in [1.54, 1.807) is 42.5 Å². The van der Waals surface area contributed by atoms with Gasteiger partial charge in [0.25, 0.3) is 17.4 Å². The molecular weight excluding hydrogens is 484 g/mol. The summed E-state index contributed by atoms with van der Waals surface area (Å²) in [5.41, 5.74) is 3.46. The lowest BCUT2D eigenvalue weighted by Crippen LogP contribution is -2.31. The second kappa shape index (κ2) is 9.69. The number of H-pyrrole nitrogens is 1. The Balaban J connectivity index is 1.40. The highest BCUT2D eigenvalue weighted by Crippen LogP contribution is 2.36. The highest BCUT2D eigenvalue weighted by atomic mass is 35.5. The van der Waals surface area contributed by atoms with Crippen LogP contribution in [0.1, 0.15) is 49.9 Å². The van der Waals surface area contributed by atoms with Gasteiger partial charge in [0.1, 0.15) is 0 Å². The molecule has 10 heteroatoms. The molecule has 3 heterocycles. The molecule has 2 aromatic carbocycles. The van der Waals surface area contributed by atoms with Gasteiger partial charge in [0.05, 0.1) is 39.9 Å². The number of halogens is 1. The van der Waals surface area contributed by atoms with Crippen LogP contribution in [0.3, 0.4) is 0 Å². The van der Waals surface area contributed by atoms with E-state index in [-0.39, 0.29) is 30.8 Å². The lowest BCUT2D eigenvalue weighted by Gasteiger charge is -2.15. The first-order chi connectivity index (χ1) is 17.4. The monoisotopic (exact) mass is 506 g/mol. The molecule has 0 spiro atoms. The van der Waals surface area contributed by atoms with Crippen molar-refractivity contribution in [2.75, 3.05) is 25.0 Å². The lowest BCUT2D eigenvalue weighted by atomic mass is 10.00. The van der Waals surface area contributed by atoms with Gasteiger partial charge in [-0.15, -0.1) is 0 Å². The molecule has 9 nitrogen and oxygen atoms in total. The van der Waals surface area contributed by atoms with Crippen LogP contribution in [0.15, 0.2) is 58.4 Å². The molecule has 0 saturated heterocycles. The Morgan fingerprint density at radius 3 is 2.64 bits per heavy atom. The summed E-state index contributed by atoms with van der Waals surface area (Å²) in [6.07, 6.45) is 1.27. The van der Waals surface area contributed by atoms with Gasteiger partial charge in [-0.3, -0.25) is 24.3 Å². The van der Waals surface area contributed by atoms with Gasteiger partial charge in [-0.25, -0.2) is 0 Å². The van der Waals surface area contributed by atoms with E-state index in [9.17, 15) is 19.5 Å². The Labute approximate surface area is 211 Å². The quantitative estimate of drug-likeness (QED) is 0.347. The number of aromatic amines is 1. The Hall–Kier alpha value is -3.79. The van der Waals surface area contributed by atoms with Crippen molar-refractivity contribution >= 4 is 40.5 Å². The van der Waals surface area contributed by atoms with Crippen LogP contribution in [0, 0.1) is 0 Å². The number of aliphatic hydroxyl groups is 2. The number of aliphatic hydroxyl groups excluding tert-OH is 2. The molecule has 184 valence electrons. The highest BCUT2D eigenvalue weighted by molar-refractivity contribution is 6.30. The molecule has 2 aliphatic rings. The average molecular weight is 507 g/mol. The fourth-order valence-corrected chi connectivity index (χ4v) is 4.71. The number of nitrogens with one attached hydrogen (secondary N) is 2. The number of aromatic nitrogens is 1. The minimum absolute atomic E-state index is 0.115. The number of anilines is 1. The van der Waals surface area contributed by atoms with Crippen LogP contribution in [0.25, 0.3) is 0 Å². The van der Waals surface area contributed by atoms with Gasteiger partial charge >= 0.3 is 0 Å². The van der Waals surface area contributed by atoms with Crippen molar-refractivity contribution in [3.63, 3.8) is 0 Å². The van der Waals surface area contributed by atoms with Crippen LogP contribution in [0.4, 0.5) is 11.4 Å². The van der Waals surface area contributed by atoms with Crippen LogP contribution < -0.4 is 10.9 Å². The molecule has 3 aromatic rings. The molecule has 0 radical (unpaired) electrons. The molecule has 4 N–H and O–H groups in total. The zero-order valence-electron chi connectivity index (χ0n) is 19.1. The Morgan fingerprint density at radius 2 is 1.89 bits per heavy atom. The van der Waals surface area contributed by atoms with E-state index < -0.39 is 17.9 Å². The first kappa shape index (κ1) is 23.9. The van der Waals surface area contributed by atoms with Gasteiger partial charge < -0.3 is 20.5 Å². The molecule has 36 heavy (non-hydrogen) atoms. The average Bonchev–Trinajstić information content (AvgIpc) is 3.38. The first-order valence-corrected chi connectivity index (χ1v) is 11.9. The smallest absolute Gasteiger partial charge is 0.261 e. The Morgan fingerprint density at radius 1 is 1.11 bits per heavy atom. The van der Waals surface area contributed by atoms with Gasteiger partial charge in [0.2, 0.25) is 0 Å². The molecule has 1 aromatic heterocycles. The van der Waals surface area contributed by atoms with Crippen LogP contribution in [0.5, 0.6) is 0 Å². The second-order valence-electron chi connectivity index (χ2n) is 8.65. The maximum Gasteiger partial charge on any atom is 0.261 e. The number of amides is 2. The van der Waals surface area contributed by atoms with E-state index in [0.717, 1.165) is 10.5 Å². The van der Waals surface area contributed by atoms with E-state index in [1.807, 2.05) is 0 Å². The third-order valence-corrected chi connectivity index (χ3v) is 6.53. The van der Waals surface area contributed by atoms with Crippen molar-refractivity contribution in [3.8, 4) is 0 Å². The van der Waals surface area contributed by atoms with Crippen LogP contribution in [-0.4, -0.2) is 57.3 Å². The van der Waals surface area contributed by atoms with Crippen molar-refractivity contribution in [1.29, 1.82) is 0 Å². The molecule has 2 amide bonds. The fraction of sp³-hybridized carbons (Fsp3) is 0.231. The molecule has 0 unspecified atom stereocenters. The topological polar surface area (TPSA) is 135 Å². The van der Waals surface area contributed by atoms with Crippen LogP contribution >= 0.6 is 11.6 Å². The van der Waals surface area contributed by atoms with E-state index in [4.69, 9.17) is 16.7 Å². The number of aliphatic imine (C=N–C) groups is 1. The summed E-state index contributed by atoms with van der Waals surface area (Å²) in [7, 11) is 0. The minimum atomic E-state index is -0.854. The van der Waals surface area contributed by atoms with Crippen molar-refractivity contribution in [1.82, 2.24) is 9.88 Å². The summed E-state index contributed by atoms with van der Waals surface area (Å²) in [4.78, 5) is 46.7. The van der Waals surface area contributed by atoms with Crippen LogP contribution in [0.2, 0.25) is 5.02 Å². The standard InChI is InChI=1S/C26H23ClN4O5/c27-16-4-1-3-14(9-16)22(33)13-29-19-5-6-28-24(34)23(19)21-11-15-10-17-18(12-20(15)30-21)26(36)31(25(17)35)7-2-8-32/h1,3-6,9-10,12,22,32-33H,2,7-8,11,13H2,(H2,28,29,34)/t22-/m1/s1. The van der Waals surface area contributed by atoms with Gasteiger partial charge in [-0.1, -0.05) is 23.7 Å². The summed E-state index contributed by atoms with van der Waals surface area (Å²) in [6.45, 7) is 0.172. The summed E-state index contributed by atoms with van der Waals surface area (Å²) in [5, 5.41) is 23.3. The van der Waals surface area contributed by atoms with Gasteiger partial charge in [-0.05, 0) is 47.9 Å². The zero-order valence-corrected chi connectivity index (χ0v) is 19.9.